The van der Waals surface area contributed by atoms with E-state index < -0.39 is 5.60 Å². The summed E-state index contributed by atoms with van der Waals surface area (Å²) in [7, 11) is 0. The third-order valence-electron chi connectivity index (χ3n) is 6.16. The zero-order valence-electron chi connectivity index (χ0n) is 17.6. The molecule has 0 amide bonds. The van der Waals surface area contributed by atoms with Gasteiger partial charge in [-0.2, -0.15) is 5.10 Å². The molecule has 3 N–H and O–H groups in total. The van der Waals surface area contributed by atoms with Crippen LogP contribution >= 0.6 is 0 Å². The lowest BCUT2D eigenvalue weighted by atomic mass is 9.78. The summed E-state index contributed by atoms with van der Waals surface area (Å²) < 4.78 is 12.0. The molecule has 0 saturated carbocycles. The van der Waals surface area contributed by atoms with Crippen LogP contribution in [0.2, 0.25) is 0 Å². The highest BCUT2D eigenvalue weighted by Crippen LogP contribution is 2.50. The molecule has 3 heterocycles. The topological polar surface area (TPSA) is 96.5 Å². The van der Waals surface area contributed by atoms with Crippen molar-refractivity contribution in [2.24, 2.45) is 0 Å². The molecule has 2 aliphatic rings. The second-order valence-corrected chi connectivity index (χ2v) is 8.06. The average Bonchev–Trinajstić information content (AvgIpc) is 3.21. The third-order valence-corrected chi connectivity index (χ3v) is 6.16. The number of carbonyl (C=O) groups excluding carboxylic acids is 1. The number of hydrogen-bond donors (Lipinski definition) is 3. The van der Waals surface area contributed by atoms with Gasteiger partial charge in [0.15, 0.2) is 0 Å². The van der Waals surface area contributed by atoms with Crippen molar-refractivity contribution < 1.29 is 19.4 Å². The highest BCUT2D eigenvalue weighted by atomic mass is 16.5. The van der Waals surface area contributed by atoms with Gasteiger partial charge < -0.3 is 19.9 Å². The van der Waals surface area contributed by atoms with Gasteiger partial charge in [0.05, 0.1) is 17.7 Å². The summed E-state index contributed by atoms with van der Waals surface area (Å²) in [6, 6.07) is 10.7. The lowest BCUT2D eigenvalue weighted by Gasteiger charge is -2.42. The van der Waals surface area contributed by atoms with E-state index in [-0.39, 0.29) is 17.1 Å². The Morgan fingerprint density at radius 3 is 2.81 bits per heavy atom. The van der Waals surface area contributed by atoms with Crippen molar-refractivity contribution in [3.05, 3.63) is 58.8 Å². The molecule has 0 atom stereocenters. The van der Waals surface area contributed by atoms with Crippen LogP contribution in [0, 0.1) is 6.92 Å². The summed E-state index contributed by atoms with van der Waals surface area (Å²) in [5.74, 6) is 0.884. The number of benzene rings is 2. The van der Waals surface area contributed by atoms with E-state index in [4.69, 9.17) is 9.47 Å². The number of phenolic OH excluding ortho intramolecular Hbond substituents is 1. The minimum Gasteiger partial charge on any atom is -0.507 e. The maximum absolute atomic E-state index is 13.5. The lowest BCUT2D eigenvalue weighted by molar-refractivity contribution is 0.0298. The number of H-pyrrole nitrogens is 1. The van der Waals surface area contributed by atoms with Gasteiger partial charge in [-0.05, 0) is 50.7 Å². The molecule has 1 saturated heterocycles. The first kappa shape index (κ1) is 19.6. The number of ether oxygens (including phenoxy) is 2. The SMILES string of the molecule is CCOc1ccc(C(=O)c2[nH]nc3c2C2(CCNCC2)Oc2cccc(C)c2-3)c(O)c1. The predicted octanol–water partition coefficient (Wildman–Crippen LogP) is 3.69. The molecule has 160 valence electrons. The first-order chi connectivity index (χ1) is 15.0. The average molecular weight is 419 g/mol. The van der Waals surface area contributed by atoms with Gasteiger partial charge in [0, 0.05) is 24.5 Å². The van der Waals surface area contributed by atoms with Crippen molar-refractivity contribution in [3.8, 4) is 28.5 Å². The van der Waals surface area contributed by atoms with Crippen LogP contribution in [-0.4, -0.2) is 40.8 Å². The highest BCUT2D eigenvalue weighted by Gasteiger charge is 2.47. The maximum Gasteiger partial charge on any atom is 0.214 e. The van der Waals surface area contributed by atoms with Crippen LogP contribution in [-0.2, 0) is 5.60 Å². The summed E-state index contributed by atoms with van der Waals surface area (Å²) in [4.78, 5) is 13.5. The number of ketones is 1. The minimum absolute atomic E-state index is 0.119. The number of nitrogens with zero attached hydrogens (tertiary/aromatic N) is 1. The summed E-state index contributed by atoms with van der Waals surface area (Å²) >= 11 is 0. The van der Waals surface area contributed by atoms with E-state index >= 15 is 0 Å². The fourth-order valence-electron chi connectivity index (χ4n) is 4.70. The van der Waals surface area contributed by atoms with Crippen LogP contribution in [0.3, 0.4) is 0 Å². The number of aryl methyl sites for hydroxylation is 1. The van der Waals surface area contributed by atoms with Gasteiger partial charge in [0.2, 0.25) is 5.78 Å². The van der Waals surface area contributed by atoms with Crippen molar-refractivity contribution in [1.29, 1.82) is 0 Å². The van der Waals surface area contributed by atoms with Crippen LogP contribution in [0.25, 0.3) is 11.3 Å². The third kappa shape index (κ3) is 3.08. The fraction of sp³-hybridized carbons (Fsp3) is 0.333. The summed E-state index contributed by atoms with van der Waals surface area (Å²) in [6.07, 6.45) is 1.45. The van der Waals surface area contributed by atoms with Gasteiger partial charge in [-0.15, -0.1) is 0 Å². The van der Waals surface area contributed by atoms with E-state index in [0.717, 1.165) is 54.1 Å². The normalized spacial score (nSPS) is 16.3. The Morgan fingerprint density at radius 1 is 1.26 bits per heavy atom. The molecule has 3 aromatic rings. The molecule has 1 fully saturated rings. The molecule has 2 aromatic carbocycles. The molecular weight excluding hydrogens is 394 g/mol. The molecule has 1 aromatic heterocycles. The minimum atomic E-state index is -0.639. The smallest absolute Gasteiger partial charge is 0.214 e. The van der Waals surface area contributed by atoms with Crippen molar-refractivity contribution in [2.45, 2.75) is 32.3 Å². The Morgan fingerprint density at radius 2 is 2.06 bits per heavy atom. The van der Waals surface area contributed by atoms with Crippen molar-refractivity contribution >= 4 is 5.78 Å². The molecule has 2 aliphatic heterocycles. The summed E-state index contributed by atoms with van der Waals surface area (Å²) in [5.41, 5.74) is 3.43. The van der Waals surface area contributed by atoms with E-state index in [9.17, 15) is 9.90 Å². The zero-order valence-corrected chi connectivity index (χ0v) is 17.6. The molecule has 0 radical (unpaired) electrons. The second-order valence-electron chi connectivity index (χ2n) is 8.06. The van der Waals surface area contributed by atoms with Crippen LogP contribution in [0.1, 0.15) is 46.9 Å². The van der Waals surface area contributed by atoms with Crippen LogP contribution in [0.5, 0.6) is 17.2 Å². The Kier molecular flexibility index (Phi) is 4.70. The van der Waals surface area contributed by atoms with E-state index in [1.54, 1.807) is 12.1 Å². The zero-order chi connectivity index (χ0) is 21.6. The first-order valence-electron chi connectivity index (χ1n) is 10.6. The number of rotatable bonds is 4. The molecular formula is C24H25N3O4. The summed E-state index contributed by atoms with van der Waals surface area (Å²) in [5, 5.41) is 21.4. The number of carbonyl (C=O) groups is 1. The Labute approximate surface area is 180 Å². The molecule has 7 heteroatoms. The van der Waals surface area contributed by atoms with E-state index in [0.29, 0.717) is 18.1 Å². The van der Waals surface area contributed by atoms with Gasteiger partial charge in [-0.1, -0.05) is 12.1 Å². The van der Waals surface area contributed by atoms with Gasteiger partial charge in [0.25, 0.3) is 0 Å². The van der Waals surface area contributed by atoms with E-state index in [1.165, 1.54) is 6.07 Å². The molecule has 0 unspecified atom stereocenters. The maximum atomic E-state index is 13.5. The van der Waals surface area contributed by atoms with Crippen molar-refractivity contribution in [3.63, 3.8) is 0 Å². The van der Waals surface area contributed by atoms with Gasteiger partial charge in [-0.25, -0.2) is 0 Å². The largest absolute Gasteiger partial charge is 0.507 e. The predicted molar refractivity (Wildman–Crippen MR) is 116 cm³/mol. The van der Waals surface area contributed by atoms with Crippen LogP contribution in [0.15, 0.2) is 36.4 Å². The number of fused-ring (bicyclic) bond motifs is 4. The fourth-order valence-corrected chi connectivity index (χ4v) is 4.70. The van der Waals surface area contributed by atoms with E-state index in [1.807, 2.05) is 32.0 Å². The standard InChI is InChI=1S/C24H25N3O4/c1-3-30-15-7-8-16(17(28)13-15)23(29)22-20-21(26-27-22)19-14(2)5-4-6-18(19)31-24(20)9-11-25-12-10-24/h4-8,13,25,28H,3,9-12H2,1-2H3,(H,26,27). The second kappa shape index (κ2) is 7.42. The number of aromatic amines is 1. The molecule has 7 nitrogen and oxygen atoms in total. The Bertz CT molecular complexity index is 1160. The lowest BCUT2D eigenvalue weighted by Crippen LogP contribution is -2.46. The van der Waals surface area contributed by atoms with Gasteiger partial charge >= 0.3 is 0 Å². The van der Waals surface area contributed by atoms with Crippen molar-refractivity contribution in [1.82, 2.24) is 15.5 Å². The number of nitrogens with one attached hydrogen (secondary N) is 2. The van der Waals surface area contributed by atoms with Crippen molar-refractivity contribution in [2.75, 3.05) is 19.7 Å². The molecule has 1 spiro atoms. The molecule has 5 rings (SSSR count). The van der Waals surface area contributed by atoms with Gasteiger partial charge in [-0.3, -0.25) is 9.89 Å². The summed E-state index contributed by atoms with van der Waals surface area (Å²) in [6.45, 7) is 5.93. The number of aromatic nitrogens is 2. The molecule has 0 bridgehead atoms. The highest BCUT2D eigenvalue weighted by molar-refractivity contribution is 6.11. The monoisotopic (exact) mass is 419 g/mol. The quantitative estimate of drug-likeness (QED) is 0.558. The molecule has 31 heavy (non-hydrogen) atoms. The number of phenols is 1. The van der Waals surface area contributed by atoms with Crippen LogP contribution < -0.4 is 14.8 Å². The van der Waals surface area contributed by atoms with E-state index in [2.05, 4.69) is 15.5 Å². The number of aromatic hydroxyl groups is 1. The van der Waals surface area contributed by atoms with Crippen LogP contribution in [0.4, 0.5) is 0 Å². The number of hydrogen-bond acceptors (Lipinski definition) is 6. The van der Waals surface area contributed by atoms with Gasteiger partial charge in [0.1, 0.15) is 34.2 Å². The Hall–Kier alpha value is -3.32. The Balaban J connectivity index is 1.66. The number of piperidine rings is 1. The first-order valence-corrected chi connectivity index (χ1v) is 10.6. The molecule has 0 aliphatic carbocycles.